The molecule has 0 aliphatic heterocycles. The average molecular weight is 306 g/mol. The summed E-state index contributed by atoms with van der Waals surface area (Å²) in [6.45, 7) is 3.13. The summed E-state index contributed by atoms with van der Waals surface area (Å²) in [4.78, 5) is 19.5. The van der Waals surface area contributed by atoms with Gasteiger partial charge in [-0.15, -0.1) is 0 Å². The molecule has 0 rings (SSSR count). The van der Waals surface area contributed by atoms with Crippen LogP contribution in [-0.4, -0.2) is 22.2 Å². The molecule has 0 saturated carbocycles. The van der Waals surface area contributed by atoms with Crippen LogP contribution in [0.5, 0.6) is 0 Å². The van der Waals surface area contributed by atoms with Gasteiger partial charge < -0.3 is 10.2 Å². The number of rotatable bonds is 2. The van der Waals surface area contributed by atoms with E-state index in [4.69, 9.17) is 33.4 Å². The Morgan fingerprint density at radius 1 is 0.933 bits per heavy atom. The van der Waals surface area contributed by atoms with Gasteiger partial charge in [0.2, 0.25) is 0 Å². The predicted octanol–water partition coefficient (Wildman–Crippen LogP) is 2.42. The number of aliphatic carboxylic acids is 2. The van der Waals surface area contributed by atoms with Gasteiger partial charge >= 0.3 is 11.9 Å². The maximum Gasteiger partial charge on any atom is 0.346 e. The number of hydrogen-bond donors (Lipinski definition) is 2. The normalized spacial score (nSPS) is 10.7. The Balaban J connectivity index is -0.000000180. The standard InChI is InChI=1S/2C4H5ClO2.Zn/c2*1-2-3(5)4(6)7;/h2*2H,1H3,(H,6,7);/b2*3-2-;. The van der Waals surface area contributed by atoms with Crippen molar-refractivity contribution in [2.45, 2.75) is 13.8 Å². The smallest absolute Gasteiger partial charge is 0.346 e. The minimum absolute atomic E-state index is 0. The van der Waals surface area contributed by atoms with Crippen LogP contribution in [0.15, 0.2) is 22.2 Å². The fourth-order valence-corrected chi connectivity index (χ4v) is 0.247. The second-order valence-corrected chi connectivity index (χ2v) is 2.70. The van der Waals surface area contributed by atoms with Crippen molar-refractivity contribution >= 4 is 35.1 Å². The molecule has 0 spiro atoms. The molecule has 4 nitrogen and oxygen atoms in total. The van der Waals surface area contributed by atoms with Crippen molar-refractivity contribution in [2.75, 3.05) is 0 Å². The number of hydrogen-bond acceptors (Lipinski definition) is 2. The van der Waals surface area contributed by atoms with E-state index in [1.807, 2.05) is 0 Å². The van der Waals surface area contributed by atoms with E-state index >= 15 is 0 Å². The quantitative estimate of drug-likeness (QED) is 0.607. The molecule has 0 unspecified atom stereocenters. The van der Waals surface area contributed by atoms with E-state index in [9.17, 15) is 9.59 Å². The van der Waals surface area contributed by atoms with Crippen molar-refractivity contribution in [3.8, 4) is 0 Å². The minimum atomic E-state index is -1.08. The number of carboxylic acids is 2. The van der Waals surface area contributed by atoms with Crippen LogP contribution in [0.25, 0.3) is 0 Å². The summed E-state index contributed by atoms with van der Waals surface area (Å²) in [5.41, 5.74) is 0. The van der Waals surface area contributed by atoms with Gasteiger partial charge in [0.15, 0.2) is 0 Å². The molecule has 82 valence electrons. The molecule has 0 aromatic rings. The third-order valence-corrected chi connectivity index (χ3v) is 1.68. The summed E-state index contributed by atoms with van der Waals surface area (Å²) < 4.78 is 0. The molecule has 7 heteroatoms. The van der Waals surface area contributed by atoms with E-state index in [-0.39, 0.29) is 29.5 Å². The van der Waals surface area contributed by atoms with Crippen LogP contribution in [0, 0.1) is 0 Å². The van der Waals surface area contributed by atoms with Crippen molar-refractivity contribution in [1.82, 2.24) is 0 Å². The Labute approximate surface area is 110 Å². The Morgan fingerprint density at radius 2 is 1.13 bits per heavy atom. The molecule has 2 N–H and O–H groups in total. The van der Waals surface area contributed by atoms with Crippen LogP contribution in [0.1, 0.15) is 13.8 Å². The van der Waals surface area contributed by atoms with Gasteiger partial charge in [-0.2, -0.15) is 0 Å². The van der Waals surface area contributed by atoms with Gasteiger partial charge in [0.25, 0.3) is 0 Å². The Kier molecular flexibility index (Phi) is 15.7. The van der Waals surface area contributed by atoms with Crippen molar-refractivity contribution < 1.29 is 39.3 Å². The summed E-state index contributed by atoms with van der Waals surface area (Å²) >= 11 is 10.1. The first kappa shape index (κ1) is 20.1. The molecule has 0 radical (unpaired) electrons. The van der Waals surface area contributed by atoms with Crippen LogP contribution in [0.2, 0.25) is 0 Å². The van der Waals surface area contributed by atoms with Crippen molar-refractivity contribution in [3.05, 3.63) is 22.2 Å². The zero-order valence-corrected chi connectivity index (χ0v) is 12.8. The molecule has 15 heavy (non-hydrogen) atoms. The summed E-state index contributed by atoms with van der Waals surface area (Å²) in [6.07, 6.45) is 2.65. The number of carbonyl (C=O) groups is 2. The summed E-state index contributed by atoms with van der Waals surface area (Å²) in [7, 11) is 0. The zero-order chi connectivity index (χ0) is 11.7. The van der Waals surface area contributed by atoms with Gasteiger partial charge in [0, 0.05) is 19.5 Å². The molecule has 0 atom stereocenters. The molecule has 0 fully saturated rings. The predicted molar refractivity (Wildman–Crippen MR) is 54.5 cm³/mol. The summed E-state index contributed by atoms with van der Waals surface area (Å²) in [6, 6.07) is 0. The first-order valence-electron chi connectivity index (χ1n) is 3.47. The topological polar surface area (TPSA) is 74.6 Å². The summed E-state index contributed by atoms with van der Waals surface area (Å²) in [5, 5.41) is 15.7. The van der Waals surface area contributed by atoms with Crippen LogP contribution < -0.4 is 0 Å². The van der Waals surface area contributed by atoms with E-state index in [0.717, 1.165) is 0 Å². The number of halogens is 2. The maximum atomic E-state index is 9.73. The molecule has 0 aliphatic carbocycles. The number of allylic oxidation sites excluding steroid dienone is 2. The van der Waals surface area contributed by atoms with Gasteiger partial charge in [-0.1, -0.05) is 35.4 Å². The van der Waals surface area contributed by atoms with E-state index in [2.05, 4.69) is 0 Å². The molecule has 0 aliphatic rings. The van der Waals surface area contributed by atoms with E-state index in [1.165, 1.54) is 12.2 Å². The SMILES string of the molecule is C/C=C(\Cl)C(=O)O.C/C=C(\Cl)C(=O)O.[Zn]. The van der Waals surface area contributed by atoms with Crippen molar-refractivity contribution in [1.29, 1.82) is 0 Å². The molecule has 0 bridgehead atoms. The fraction of sp³-hybridized carbons (Fsp3) is 0.250. The third kappa shape index (κ3) is 13.6. The van der Waals surface area contributed by atoms with Crippen LogP contribution in [0.4, 0.5) is 0 Å². The van der Waals surface area contributed by atoms with E-state index in [1.54, 1.807) is 13.8 Å². The van der Waals surface area contributed by atoms with Crippen molar-refractivity contribution in [2.24, 2.45) is 0 Å². The van der Waals surface area contributed by atoms with Gasteiger partial charge in [0.05, 0.1) is 0 Å². The first-order chi connectivity index (χ1) is 6.36. The Hall–Kier alpha value is -0.377. The Morgan fingerprint density at radius 3 is 1.13 bits per heavy atom. The average Bonchev–Trinajstić information content (AvgIpc) is 2.15. The van der Waals surface area contributed by atoms with Crippen LogP contribution >= 0.6 is 23.2 Å². The first-order valence-corrected chi connectivity index (χ1v) is 4.22. The Bertz CT molecular complexity index is 246. The fourth-order valence-electron chi connectivity index (χ4n) is 0.247. The second kappa shape index (κ2) is 11.7. The molecular weight excluding hydrogens is 296 g/mol. The largest absolute Gasteiger partial charge is 0.477 e. The van der Waals surface area contributed by atoms with E-state index < -0.39 is 11.9 Å². The van der Waals surface area contributed by atoms with Gasteiger partial charge in [-0.05, 0) is 13.8 Å². The van der Waals surface area contributed by atoms with Gasteiger partial charge in [-0.25, -0.2) is 9.59 Å². The molecule has 0 heterocycles. The van der Waals surface area contributed by atoms with E-state index in [0.29, 0.717) is 0 Å². The maximum absolute atomic E-state index is 9.73. The van der Waals surface area contributed by atoms with Crippen LogP contribution in [-0.2, 0) is 29.1 Å². The molecular formula is C8H10Cl2O4Zn. The second-order valence-electron chi connectivity index (χ2n) is 1.88. The zero-order valence-electron chi connectivity index (χ0n) is 8.33. The molecule has 0 saturated heterocycles. The van der Waals surface area contributed by atoms with Crippen LogP contribution in [0.3, 0.4) is 0 Å². The third-order valence-electron chi connectivity index (χ3n) is 0.916. The monoisotopic (exact) mass is 304 g/mol. The van der Waals surface area contributed by atoms with Crippen molar-refractivity contribution in [3.63, 3.8) is 0 Å². The van der Waals surface area contributed by atoms with Gasteiger partial charge in [-0.3, -0.25) is 0 Å². The molecule has 0 aromatic heterocycles. The molecule has 0 amide bonds. The minimum Gasteiger partial charge on any atom is -0.477 e. The van der Waals surface area contributed by atoms with Gasteiger partial charge in [0.1, 0.15) is 10.1 Å². The number of carboxylic acid groups (broad SMARTS) is 2. The summed E-state index contributed by atoms with van der Waals surface area (Å²) in [5.74, 6) is -2.16. The molecule has 0 aromatic carbocycles.